The van der Waals surface area contributed by atoms with Gasteiger partial charge in [0.25, 0.3) is 6.01 Å². The molecule has 0 aliphatic carbocycles. The van der Waals surface area contributed by atoms with E-state index < -0.39 is 0 Å². The lowest BCUT2D eigenvalue weighted by Gasteiger charge is -2.13. The molecule has 68 valence electrons. The van der Waals surface area contributed by atoms with Crippen LogP contribution in [-0.4, -0.2) is 12.0 Å². The molecule has 0 saturated heterocycles. The van der Waals surface area contributed by atoms with Crippen molar-refractivity contribution in [1.29, 1.82) is 0 Å². The molecule has 1 N–H and O–H groups in total. The topological polar surface area (TPSA) is 38.1 Å². The summed E-state index contributed by atoms with van der Waals surface area (Å²) in [4.78, 5) is 4.20. The maximum Gasteiger partial charge on any atom is 0.295 e. The summed E-state index contributed by atoms with van der Waals surface area (Å²) in [7, 11) is 1.80. The van der Waals surface area contributed by atoms with Crippen LogP contribution in [0.3, 0.4) is 0 Å². The molecular weight excluding hydrogens is 267 g/mol. The fraction of sp³-hybridized carbons (Fsp3) is 0.625. The van der Waals surface area contributed by atoms with E-state index in [0.717, 1.165) is 9.46 Å². The molecule has 0 atom stereocenters. The van der Waals surface area contributed by atoms with Gasteiger partial charge in [-0.25, -0.2) is 0 Å². The van der Waals surface area contributed by atoms with E-state index >= 15 is 0 Å². The van der Waals surface area contributed by atoms with Crippen LogP contribution in [0.4, 0.5) is 6.01 Å². The molecule has 0 amide bonds. The van der Waals surface area contributed by atoms with Crippen LogP contribution in [0.25, 0.3) is 0 Å². The number of aromatic nitrogens is 1. The Hall–Kier alpha value is -0.260. The van der Waals surface area contributed by atoms with E-state index in [1.807, 2.05) is 0 Å². The molecule has 0 fully saturated rings. The highest BCUT2D eigenvalue weighted by atomic mass is 127. The zero-order valence-electron chi connectivity index (χ0n) is 7.73. The predicted octanol–water partition coefficient (Wildman–Crippen LogP) is 2.62. The zero-order chi connectivity index (χ0) is 9.35. The van der Waals surface area contributed by atoms with Gasteiger partial charge in [-0.1, -0.05) is 20.8 Å². The van der Waals surface area contributed by atoms with Crippen molar-refractivity contribution in [3.8, 4) is 0 Å². The van der Waals surface area contributed by atoms with Crippen LogP contribution in [0.1, 0.15) is 26.5 Å². The third kappa shape index (κ3) is 1.91. The molecule has 12 heavy (non-hydrogen) atoms. The maximum absolute atomic E-state index is 5.50. The quantitative estimate of drug-likeness (QED) is 0.804. The molecule has 1 heterocycles. The minimum Gasteiger partial charge on any atom is -0.427 e. The van der Waals surface area contributed by atoms with Crippen LogP contribution in [0.2, 0.25) is 0 Å². The van der Waals surface area contributed by atoms with E-state index in [-0.39, 0.29) is 5.41 Å². The van der Waals surface area contributed by atoms with E-state index in [2.05, 4.69) is 53.7 Å². The molecular formula is C8H13IN2O. The zero-order valence-corrected chi connectivity index (χ0v) is 9.89. The lowest BCUT2D eigenvalue weighted by molar-refractivity contribution is 0.414. The van der Waals surface area contributed by atoms with E-state index in [0.29, 0.717) is 6.01 Å². The number of halogens is 1. The molecule has 3 nitrogen and oxygen atoms in total. The first-order chi connectivity index (χ1) is 5.45. The number of hydrogen-bond donors (Lipinski definition) is 1. The van der Waals surface area contributed by atoms with Crippen molar-refractivity contribution in [2.75, 3.05) is 12.4 Å². The molecule has 0 aliphatic heterocycles. The number of rotatable bonds is 1. The highest BCUT2D eigenvalue weighted by Crippen LogP contribution is 2.29. The van der Waals surface area contributed by atoms with Crippen LogP contribution >= 0.6 is 22.6 Å². The fourth-order valence-corrected chi connectivity index (χ4v) is 2.01. The van der Waals surface area contributed by atoms with Crippen molar-refractivity contribution >= 4 is 28.6 Å². The first-order valence-electron chi connectivity index (χ1n) is 3.79. The summed E-state index contributed by atoms with van der Waals surface area (Å²) >= 11 is 2.18. The Labute approximate surface area is 86.1 Å². The van der Waals surface area contributed by atoms with Crippen LogP contribution in [0.5, 0.6) is 0 Å². The second kappa shape index (κ2) is 3.24. The largest absolute Gasteiger partial charge is 0.427 e. The maximum atomic E-state index is 5.50. The van der Waals surface area contributed by atoms with Gasteiger partial charge in [0.1, 0.15) is 9.46 Å². The number of anilines is 1. The van der Waals surface area contributed by atoms with Gasteiger partial charge in [-0.15, -0.1) is 0 Å². The minimum atomic E-state index is 0.0264. The van der Waals surface area contributed by atoms with Gasteiger partial charge in [0, 0.05) is 12.5 Å². The average molecular weight is 280 g/mol. The lowest BCUT2D eigenvalue weighted by atomic mass is 9.94. The Morgan fingerprint density at radius 1 is 1.42 bits per heavy atom. The van der Waals surface area contributed by atoms with E-state index in [4.69, 9.17) is 4.42 Å². The van der Waals surface area contributed by atoms with Gasteiger partial charge in [-0.3, -0.25) is 0 Å². The minimum absolute atomic E-state index is 0.0264. The fourth-order valence-electron chi connectivity index (χ4n) is 0.871. The first-order valence-corrected chi connectivity index (χ1v) is 4.87. The molecule has 0 aliphatic rings. The Bertz CT molecular complexity index is 275. The van der Waals surface area contributed by atoms with Gasteiger partial charge in [0.05, 0.1) is 0 Å². The van der Waals surface area contributed by atoms with Crippen LogP contribution in [0, 0.1) is 3.70 Å². The SMILES string of the molecule is CNc1nc(I)c(C(C)(C)C)o1. The summed E-state index contributed by atoms with van der Waals surface area (Å²) in [5.74, 6) is 0.937. The third-order valence-electron chi connectivity index (χ3n) is 1.48. The smallest absolute Gasteiger partial charge is 0.295 e. The molecule has 1 aromatic heterocycles. The summed E-state index contributed by atoms with van der Waals surface area (Å²) in [5.41, 5.74) is 0.0264. The first kappa shape index (κ1) is 9.83. The predicted molar refractivity (Wildman–Crippen MR) is 57.5 cm³/mol. The molecule has 4 heteroatoms. The van der Waals surface area contributed by atoms with Gasteiger partial charge in [0.2, 0.25) is 0 Å². The normalized spacial score (nSPS) is 11.8. The molecule has 0 radical (unpaired) electrons. The molecule has 0 saturated carbocycles. The summed E-state index contributed by atoms with van der Waals surface area (Å²) < 4.78 is 6.43. The van der Waals surface area contributed by atoms with Gasteiger partial charge >= 0.3 is 0 Å². The number of nitrogens with zero attached hydrogens (tertiary/aromatic N) is 1. The van der Waals surface area contributed by atoms with Crippen LogP contribution in [-0.2, 0) is 5.41 Å². The van der Waals surface area contributed by atoms with Crippen molar-refractivity contribution in [2.24, 2.45) is 0 Å². The monoisotopic (exact) mass is 280 g/mol. The standard InChI is InChI=1S/C8H13IN2O/c1-8(2,3)5-6(9)11-7(10-4)12-5/h1-4H3,(H,10,11). The summed E-state index contributed by atoms with van der Waals surface area (Å²) in [6.07, 6.45) is 0. The molecule has 0 unspecified atom stereocenters. The summed E-state index contributed by atoms with van der Waals surface area (Å²) in [6.45, 7) is 6.32. The Morgan fingerprint density at radius 2 is 2.00 bits per heavy atom. The number of nitrogens with one attached hydrogen (secondary N) is 1. The van der Waals surface area contributed by atoms with Crippen molar-refractivity contribution in [3.05, 3.63) is 9.46 Å². The van der Waals surface area contributed by atoms with Crippen LogP contribution < -0.4 is 5.32 Å². The average Bonchev–Trinajstić information content (AvgIpc) is 2.29. The number of hydrogen-bond acceptors (Lipinski definition) is 3. The summed E-state index contributed by atoms with van der Waals surface area (Å²) in [6, 6.07) is 0.587. The van der Waals surface area contributed by atoms with E-state index in [9.17, 15) is 0 Å². The van der Waals surface area contributed by atoms with Crippen LogP contribution in [0.15, 0.2) is 4.42 Å². The molecule has 1 aromatic rings. The highest BCUT2D eigenvalue weighted by Gasteiger charge is 2.23. The van der Waals surface area contributed by atoms with Gasteiger partial charge in [-0.2, -0.15) is 4.98 Å². The number of oxazole rings is 1. The van der Waals surface area contributed by atoms with Crippen molar-refractivity contribution in [2.45, 2.75) is 26.2 Å². The lowest BCUT2D eigenvalue weighted by Crippen LogP contribution is -2.11. The highest BCUT2D eigenvalue weighted by molar-refractivity contribution is 14.1. The van der Waals surface area contributed by atoms with Crippen molar-refractivity contribution in [1.82, 2.24) is 4.98 Å². The van der Waals surface area contributed by atoms with Gasteiger partial charge in [-0.05, 0) is 22.6 Å². The second-order valence-electron chi connectivity index (χ2n) is 3.64. The molecule has 0 bridgehead atoms. The van der Waals surface area contributed by atoms with E-state index in [1.54, 1.807) is 7.05 Å². The van der Waals surface area contributed by atoms with Crippen molar-refractivity contribution in [3.63, 3.8) is 0 Å². The van der Waals surface area contributed by atoms with Gasteiger partial charge < -0.3 is 9.73 Å². The second-order valence-corrected chi connectivity index (χ2v) is 4.66. The Kier molecular flexibility index (Phi) is 2.65. The van der Waals surface area contributed by atoms with E-state index in [1.165, 1.54) is 0 Å². The summed E-state index contributed by atoms with van der Waals surface area (Å²) in [5, 5.41) is 2.88. The molecule has 0 spiro atoms. The van der Waals surface area contributed by atoms with Crippen molar-refractivity contribution < 1.29 is 4.42 Å². The van der Waals surface area contributed by atoms with Gasteiger partial charge in [0.15, 0.2) is 0 Å². The molecule has 0 aromatic carbocycles. The third-order valence-corrected chi connectivity index (χ3v) is 2.21. The Morgan fingerprint density at radius 3 is 2.25 bits per heavy atom. The molecule has 1 rings (SSSR count). The Balaban J connectivity index is 3.08.